The van der Waals surface area contributed by atoms with Crippen molar-refractivity contribution in [3.63, 3.8) is 0 Å². The Labute approximate surface area is 186 Å². The lowest BCUT2D eigenvalue weighted by Crippen LogP contribution is -2.41. The minimum Gasteiger partial charge on any atom is -0.493 e. The van der Waals surface area contributed by atoms with Crippen LogP contribution in [0.5, 0.6) is 23.0 Å². The van der Waals surface area contributed by atoms with Crippen LogP contribution in [0.15, 0.2) is 66.7 Å². The van der Waals surface area contributed by atoms with Crippen LogP contribution in [0.1, 0.15) is 26.3 Å². The van der Waals surface area contributed by atoms with Crippen LogP contribution in [0, 0.1) is 0 Å². The second kappa shape index (κ2) is 10.7. The minimum atomic E-state index is -0.541. The molecule has 3 rings (SSSR count). The number of amides is 2. The molecular formula is C24H24N2O6. The van der Waals surface area contributed by atoms with Gasteiger partial charge in [0.2, 0.25) is 5.75 Å². The molecule has 3 aromatic rings. The molecule has 166 valence electrons. The Bertz CT molecular complexity index is 1040. The monoisotopic (exact) mass is 436 g/mol. The molecule has 0 unspecified atom stereocenters. The molecule has 0 aliphatic heterocycles. The fourth-order valence-electron chi connectivity index (χ4n) is 2.91. The summed E-state index contributed by atoms with van der Waals surface area (Å²) in [6.45, 7) is 0.428. The number of methoxy groups -OCH3 is 3. The zero-order valence-electron chi connectivity index (χ0n) is 18.0. The van der Waals surface area contributed by atoms with Gasteiger partial charge in [-0.1, -0.05) is 30.3 Å². The fraction of sp³-hybridized carbons (Fsp3) is 0.167. The van der Waals surface area contributed by atoms with Crippen LogP contribution >= 0.6 is 0 Å². The number of ether oxygens (including phenoxy) is 4. The molecule has 2 amide bonds. The van der Waals surface area contributed by atoms with Crippen LogP contribution in [0.25, 0.3) is 0 Å². The van der Waals surface area contributed by atoms with Crippen molar-refractivity contribution >= 4 is 11.8 Å². The lowest BCUT2D eigenvalue weighted by molar-refractivity contribution is 0.0846. The molecule has 0 saturated heterocycles. The first kappa shape index (κ1) is 22.5. The molecule has 3 aromatic carbocycles. The summed E-state index contributed by atoms with van der Waals surface area (Å²) < 4.78 is 21.4. The summed E-state index contributed by atoms with van der Waals surface area (Å²) in [6.07, 6.45) is 0. The maximum absolute atomic E-state index is 12.5. The predicted molar refractivity (Wildman–Crippen MR) is 118 cm³/mol. The molecule has 0 spiro atoms. The third-order valence-electron chi connectivity index (χ3n) is 4.58. The van der Waals surface area contributed by atoms with Crippen LogP contribution in [0.2, 0.25) is 0 Å². The molecule has 2 N–H and O–H groups in total. The van der Waals surface area contributed by atoms with Crippen molar-refractivity contribution in [2.45, 2.75) is 6.61 Å². The van der Waals surface area contributed by atoms with Crippen LogP contribution in [0.4, 0.5) is 0 Å². The van der Waals surface area contributed by atoms with Crippen molar-refractivity contribution in [2.24, 2.45) is 0 Å². The number of hydrazine groups is 1. The fourth-order valence-corrected chi connectivity index (χ4v) is 2.91. The molecule has 32 heavy (non-hydrogen) atoms. The second-order valence-electron chi connectivity index (χ2n) is 6.62. The first-order valence-corrected chi connectivity index (χ1v) is 9.73. The summed E-state index contributed by atoms with van der Waals surface area (Å²) in [5.74, 6) is 0.640. The van der Waals surface area contributed by atoms with E-state index in [1.807, 2.05) is 30.3 Å². The van der Waals surface area contributed by atoms with Gasteiger partial charge in [-0.25, -0.2) is 0 Å². The summed E-state index contributed by atoms with van der Waals surface area (Å²) in [6, 6.07) is 19.4. The first-order valence-electron chi connectivity index (χ1n) is 9.73. The van der Waals surface area contributed by atoms with Gasteiger partial charge >= 0.3 is 0 Å². The van der Waals surface area contributed by atoms with Crippen LogP contribution in [-0.2, 0) is 6.61 Å². The Morgan fingerprint density at radius 1 is 0.719 bits per heavy atom. The molecule has 0 bridgehead atoms. The highest BCUT2D eigenvalue weighted by atomic mass is 16.5. The second-order valence-corrected chi connectivity index (χ2v) is 6.62. The lowest BCUT2D eigenvalue weighted by atomic mass is 10.1. The number of hydrogen-bond acceptors (Lipinski definition) is 6. The highest BCUT2D eigenvalue weighted by Crippen LogP contribution is 2.38. The van der Waals surface area contributed by atoms with Gasteiger partial charge in [0, 0.05) is 11.1 Å². The number of carbonyl (C=O) groups excluding carboxylic acids is 2. The molecule has 8 nitrogen and oxygen atoms in total. The molecule has 0 heterocycles. The SMILES string of the molecule is COc1cc(C(=O)NNC(=O)c2ccc(OCc3ccccc3)cc2)cc(OC)c1OC. The van der Waals surface area contributed by atoms with E-state index in [9.17, 15) is 9.59 Å². The summed E-state index contributed by atoms with van der Waals surface area (Å²) in [5.41, 5.74) is 6.40. The molecule has 0 aliphatic rings. The van der Waals surface area contributed by atoms with Crippen molar-refractivity contribution in [1.29, 1.82) is 0 Å². The highest BCUT2D eigenvalue weighted by molar-refractivity contribution is 5.99. The van der Waals surface area contributed by atoms with E-state index < -0.39 is 11.8 Å². The Hall–Kier alpha value is -4.20. The minimum absolute atomic E-state index is 0.226. The Kier molecular flexibility index (Phi) is 7.53. The maximum atomic E-state index is 12.5. The zero-order chi connectivity index (χ0) is 22.9. The van der Waals surface area contributed by atoms with E-state index >= 15 is 0 Å². The highest BCUT2D eigenvalue weighted by Gasteiger charge is 2.17. The average molecular weight is 436 g/mol. The largest absolute Gasteiger partial charge is 0.493 e. The van der Waals surface area contributed by atoms with Gasteiger partial charge in [-0.05, 0) is 42.0 Å². The summed E-state index contributed by atoms with van der Waals surface area (Å²) in [5, 5.41) is 0. The normalized spacial score (nSPS) is 10.1. The first-order chi connectivity index (χ1) is 15.5. The van der Waals surface area contributed by atoms with E-state index in [1.165, 1.54) is 33.5 Å². The average Bonchev–Trinajstić information content (AvgIpc) is 2.85. The van der Waals surface area contributed by atoms with Crippen molar-refractivity contribution in [2.75, 3.05) is 21.3 Å². The quantitative estimate of drug-likeness (QED) is 0.526. The van der Waals surface area contributed by atoms with Gasteiger partial charge in [-0.3, -0.25) is 20.4 Å². The van der Waals surface area contributed by atoms with Crippen molar-refractivity contribution in [1.82, 2.24) is 10.9 Å². The van der Waals surface area contributed by atoms with E-state index in [4.69, 9.17) is 18.9 Å². The van der Waals surface area contributed by atoms with Crippen molar-refractivity contribution in [3.8, 4) is 23.0 Å². The van der Waals surface area contributed by atoms with Crippen molar-refractivity contribution in [3.05, 3.63) is 83.4 Å². The summed E-state index contributed by atoms with van der Waals surface area (Å²) >= 11 is 0. The van der Waals surface area contributed by atoms with E-state index in [2.05, 4.69) is 10.9 Å². The lowest BCUT2D eigenvalue weighted by Gasteiger charge is -2.14. The number of rotatable bonds is 8. The molecule has 8 heteroatoms. The molecule has 0 radical (unpaired) electrons. The molecule has 0 saturated carbocycles. The Morgan fingerprint density at radius 3 is 1.81 bits per heavy atom. The van der Waals surface area contributed by atoms with Gasteiger partial charge in [-0.2, -0.15) is 0 Å². The molecule has 0 atom stereocenters. The van der Waals surface area contributed by atoms with Gasteiger partial charge in [0.1, 0.15) is 12.4 Å². The Balaban J connectivity index is 1.58. The van der Waals surface area contributed by atoms with E-state index in [-0.39, 0.29) is 5.56 Å². The molecule has 0 aliphatic carbocycles. The van der Waals surface area contributed by atoms with Crippen molar-refractivity contribution < 1.29 is 28.5 Å². The van der Waals surface area contributed by atoms with Gasteiger partial charge in [-0.15, -0.1) is 0 Å². The smallest absolute Gasteiger partial charge is 0.269 e. The summed E-state index contributed by atoms with van der Waals surface area (Å²) in [4.78, 5) is 24.9. The van der Waals surface area contributed by atoms with Crippen LogP contribution in [0.3, 0.4) is 0 Å². The van der Waals surface area contributed by atoms with Gasteiger partial charge in [0.25, 0.3) is 11.8 Å². The van der Waals surface area contributed by atoms with Crippen LogP contribution in [-0.4, -0.2) is 33.1 Å². The van der Waals surface area contributed by atoms with E-state index in [0.29, 0.717) is 35.2 Å². The number of hydrogen-bond donors (Lipinski definition) is 2. The van der Waals surface area contributed by atoms with Crippen LogP contribution < -0.4 is 29.8 Å². The predicted octanol–water partition coefficient (Wildman–Crippen LogP) is 3.37. The third-order valence-corrected chi connectivity index (χ3v) is 4.58. The molecular weight excluding hydrogens is 412 g/mol. The molecule has 0 aromatic heterocycles. The Morgan fingerprint density at radius 2 is 1.28 bits per heavy atom. The zero-order valence-corrected chi connectivity index (χ0v) is 18.0. The molecule has 0 fully saturated rings. The third kappa shape index (κ3) is 5.48. The van der Waals surface area contributed by atoms with E-state index in [0.717, 1.165) is 5.56 Å². The number of benzene rings is 3. The van der Waals surface area contributed by atoms with Gasteiger partial charge in [0.05, 0.1) is 21.3 Å². The van der Waals surface area contributed by atoms with Gasteiger partial charge in [0.15, 0.2) is 11.5 Å². The summed E-state index contributed by atoms with van der Waals surface area (Å²) in [7, 11) is 4.38. The standard InChI is InChI=1S/C24H24N2O6/c1-29-20-13-18(14-21(30-2)22(20)31-3)24(28)26-25-23(27)17-9-11-19(12-10-17)32-15-16-7-5-4-6-8-16/h4-14H,15H2,1-3H3,(H,25,27)(H,26,28). The maximum Gasteiger partial charge on any atom is 0.269 e. The van der Waals surface area contributed by atoms with E-state index in [1.54, 1.807) is 24.3 Å². The topological polar surface area (TPSA) is 95.1 Å². The number of nitrogens with one attached hydrogen (secondary N) is 2. The van der Waals surface area contributed by atoms with Gasteiger partial charge < -0.3 is 18.9 Å². The number of carbonyl (C=O) groups is 2.